The highest BCUT2D eigenvalue weighted by Gasteiger charge is 2.19. The lowest BCUT2D eigenvalue weighted by molar-refractivity contribution is 0.00824. The van der Waals surface area contributed by atoms with Crippen LogP contribution in [0.15, 0.2) is 30.0 Å². The zero-order valence-corrected chi connectivity index (χ0v) is 12.6. The van der Waals surface area contributed by atoms with Crippen LogP contribution in [0.2, 0.25) is 0 Å². The maximum absolute atomic E-state index is 10.1. The Bertz CT molecular complexity index is 562. The molecule has 0 fully saturated rings. The van der Waals surface area contributed by atoms with E-state index in [0.29, 0.717) is 19.8 Å². The lowest BCUT2D eigenvalue weighted by Crippen LogP contribution is -2.38. The molecule has 0 spiro atoms. The van der Waals surface area contributed by atoms with Crippen molar-refractivity contribution < 1.29 is 9.84 Å². The number of aliphatic hydroxyl groups is 1. The van der Waals surface area contributed by atoms with Crippen molar-refractivity contribution in [2.45, 2.75) is 25.7 Å². The summed E-state index contributed by atoms with van der Waals surface area (Å²) >= 11 is 1.67. The summed E-state index contributed by atoms with van der Waals surface area (Å²) in [5, 5.41) is 12.1. The van der Waals surface area contributed by atoms with Crippen molar-refractivity contribution >= 4 is 11.3 Å². The van der Waals surface area contributed by atoms with Gasteiger partial charge in [-0.1, -0.05) is 6.07 Å². The van der Waals surface area contributed by atoms with Crippen molar-refractivity contribution in [3.8, 4) is 0 Å². The third kappa shape index (κ3) is 4.07. The highest BCUT2D eigenvalue weighted by molar-refractivity contribution is 7.09. The third-order valence-corrected chi connectivity index (χ3v) is 4.41. The molecule has 1 aliphatic rings. The number of aromatic nitrogens is 2. The Kier molecular flexibility index (Phi) is 4.92. The van der Waals surface area contributed by atoms with E-state index in [0.717, 1.165) is 25.2 Å². The molecule has 0 bridgehead atoms. The Morgan fingerprint density at radius 3 is 3.29 bits per heavy atom. The van der Waals surface area contributed by atoms with E-state index in [1.807, 2.05) is 23.7 Å². The van der Waals surface area contributed by atoms with Gasteiger partial charge in [0.05, 0.1) is 25.0 Å². The van der Waals surface area contributed by atoms with Gasteiger partial charge in [0.15, 0.2) is 0 Å². The molecular weight excluding hydrogens is 286 g/mol. The molecule has 0 radical (unpaired) electrons. The van der Waals surface area contributed by atoms with Gasteiger partial charge >= 0.3 is 0 Å². The number of hydrogen-bond acceptors (Lipinski definition) is 6. The van der Waals surface area contributed by atoms with E-state index in [2.05, 4.69) is 14.9 Å². The number of hydrogen-bond donors (Lipinski definition) is 1. The van der Waals surface area contributed by atoms with Crippen molar-refractivity contribution in [1.82, 2.24) is 14.9 Å². The summed E-state index contributed by atoms with van der Waals surface area (Å²) in [7, 11) is 0. The molecule has 5 nitrogen and oxygen atoms in total. The fraction of sp³-hybridized carbons (Fsp3) is 0.467. The number of fused-ring (bicyclic) bond motifs is 1. The van der Waals surface area contributed by atoms with Gasteiger partial charge in [0, 0.05) is 30.7 Å². The Hall–Kier alpha value is -1.34. The van der Waals surface area contributed by atoms with Gasteiger partial charge in [-0.3, -0.25) is 4.90 Å². The van der Waals surface area contributed by atoms with E-state index in [1.165, 1.54) is 10.4 Å². The lowest BCUT2D eigenvalue weighted by atomic mass is 10.1. The van der Waals surface area contributed by atoms with Crippen LogP contribution in [-0.2, 0) is 24.3 Å². The number of rotatable bonds is 6. The Balaban J connectivity index is 1.42. The molecule has 1 N–H and O–H groups in total. The number of ether oxygens (including phenoxy) is 1. The van der Waals surface area contributed by atoms with Crippen LogP contribution >= 0.6 is 11.3 Å². The molecular formula is C15H19N3O2S. The molecule has 0 unspecified atom stereocenters. The average molecular weight is 305 g/mol. The lowest BCUT2D eigenvalue weighted by Gasteiger charge is -2.29. The van der Waals surface area contributed by atoms with Crippen molar-refractivity contribution in [3.05, 3.63) is 46.2 Å². The average Bonchev–Trinajstić information content (AvgIpc) is 3.00. The molecule has 21 heavy (non-hydrogen) atoms. The highest BCUT2D eigenvalue weighted by Crippen LogP contribution is 2.15. The van der Waals surface area contributed by atoms with Gasteiger partial charge < -0.3 is 9.84 Å². The van der Waals surface area contributed by atoms with Gasteiger partial charge in [-0.05, 0) is 23.4 Å². The summed E-state index contributed by atoms with van der Waals surface area (Å²) in [6.07, 6.45) is 3.95. The number of thiophene rings is 1. The Morgan fingerprint density at radius 2 is 2.43 bits per heavy atom. The van der Waals surface area contributed by atoms with Crippen molar-refractivity contribution in [1.29, 1.82) is 0 Å². The van der Waals surface area contributed by atoms with Crippen LogP contribution in [0.5, 0.6) is 0 Å². The zero-order chi connectivity index (χ0) is 14.5. The van der Waals surface area contributed by atoms with Gasteiger partial charge in [0.1, 0.15) is 6.33 Å². The minimum absolute atomic E-state index is 0.366. The summed E-state index contributed by atoms with van der Waals surface area (Å²) in [5.41, 5.74) is 2.29. The molecule has 3 heterocycles. The second-order valence-corrected chi connectivity index (χ2v) is 6.26. The van der Waals surface area contributed by atoms with Crippen LogP contribution in [-0.4, -0.2) is 45.8 Å². The molecule has 0 saturated carbocycles. The van der Waals surface area contributed by atoms with Crippen LogP contribution < -0.4 is 0 Å². The van der Waals surface area contributed by atoms with E-state index < -0.39 is 6.10 Å². The van der Waals surface area contributed by atoms with Crippen molar-refractivity contribution in [2.75, 3.05) is 19.7 Å². The number of β-amino-alcohol motifs (C(OH)–C–C–N with tert-alkyl or cyclic N) is 1. The van der Waals surface area contributed by atoms with Gasteiger partial charge in [-0.25, -0.2) is 9.97 Å². The van der Waals surface area contributed by atoms with Gasteiger partial charge in [0.25, 0.3) is 0 Å². The normalized spacial score (nSPS) is 16.6. The maximum Gasteiger partial charge on any atom is 0.115 e. The molecule has 0 aliphatic carbocycles. The molecule has 2 aromatic rings. The predicted molar refractivity (Wildman–Crippen MR) is 81.0 cm³/mol. The maximum atomic E-state index is 10.1. The Morgan fingerprint density at radius 1 is 1.48 bits per heavy atom. The first-order chi connectivity index (χ1) is 10.3. The zero-order valence-electron chi connectivity index (χ0n) is 11.8. The minimum Gasteiger partial charge on any atom is -0.389 e. The van der Waals surface area contributed by atoms with E-state index in [4.69, 9.17) is 4.74 Å². The molecule has 112 valence electrons. The largest absolute Gasteiger partial charge is 0.389 e. The molecule has 0 saturated heterocycles. The van der Waals surface area contributed by atoms with Crippen LogP contribution in [0.4, 0.5) is 0 Å². The van der Waals surface area contributed by atoms with Gasteiger partial charge in [-0.2, -0.15) is 0 Å². The first-order valence-electron chi connectivity index (χ1n) is 7.09. The monoisotopic (exact) mass is 305 g/mol. The van der Waals surface area contributed by atoms with Crippen LogP contribution in [0.1, 0.15) is 16.1 Å². The fourth-order valence-corrected chi connectivity index (χ4v) is 3.14. The van der Waals surface area contributed by atoms with Crippen LogP contribution in [0, 0.1) is 0 Å². The molecule has 1 atom stereocenters. The van der Waals surface area contributed by atoms with E-state index >= 15 is 0 Å². The standard InChI is InChI=1S/C15H19N3O2S/c19-13(9-20-10-14-2-1-5-21-14)7-18-4-3-12-6-16-11-17-15(12)8-18/h1-2,5-6,11,13,19H,3-4,7-10H2/t13-/m0/s1. The first kappa shape index (κ1) is 14.6. The van der Waals surface area contributed by atoms with Gasteiger partial charge in [0.2, 0.25) is 0 Å². The summed E-state index contributed by atoms with van der Waals surface area (Å²) in [4.78, 5) is 11.8. The van der Waals surface area contributed by atoms with E-state index in [-0.39, 0.29) is 0 Å². The second-order valence-electron chi connectivity index (χ2n) is 5.23. The van der Waals surface area contributed by atoms with Gasteiger partial charge in [-0.15, -0.1) is 11.3 Å². The fourth-order valence-electron chi connectivity index (χ4n) is 2.50. The van der Waals surface area contributed by atoms with Crippen LogP contribution in [0.3, 0.4) is 0 Å². The molecule has 0 aromatic carbocycles. The van der Waals surface area contributed by atoms with E-state index in [9.17, 15) is 5.11 Å². The first-order valence-corrected chi connectivity index (χ1v) is 7.97. The van der Waals surface area contributed by atoms with Crippen molar-refractivity contribution in [3.63, 3.8) is 0 Å². The molecule has 3 rings (SSSR count). The van der Waals surface area contributed by atoms with Crippen LogP contribution in [0.25, 0.3) is 0 Å². The topological polar surface area (TPSA) is 58.5 Å². The third-order valence-electron chi connectivity index (χ3n) is 3.56. The number of aliphatic hydroxyl groups excluding tert-OH is 1. The summed E-state index contributed by atoms with van der Waals surface area (Å²) < 4.78 is 5.56. The van der Waals surface area contributed by atoms with E-state index in [1.54, 1.807) is 17.7 Å². The smallest absolute Gasteiger partial charge is 0.115 e. The highest BCUT2D eigenvalue weighted by atomic mass is 32.1. The minimum atomic E-state index is -0.464. The second kappa shape index (κ2) is 7.09. The number of nitrogens with zero attached hydrogens (tertiary/aromatic N) is 3. The summed E-state index contributed by atoms with van der Waals surface area (Å²) in [6.45, 7) is 3.27. The molecule has 0 amide bonds. The summed E-state index contributed by atoms with van der Waals surface area (Å²) in [6, 6.07) is 4.05. The molecule has 1 aliphatic heterocycles. The summed E-state index contributed by atoms with van der Waals surface area (Å²) in [5.74, 6) is 0. The Labute approximate surface area is 128 Å². The van der Waals surface area contributed by atoms with Crippen molar-refractivity contribution in [2.24, 2.45) is 0 Å². The quantitative estimate of drug-likeness (QED) is 0.876. The molecule has 2 aromatic heterocycles. The molecule has 6 heteroatoms. The predicted octanol–water partition coefficient (Wildman–Crippen LogP) is 1.47. The SMILES string of the molecule is O[C@H](COCc1cccs1)CN1CCc2cncnc2C1.